The Morgan fingerprint density at radius 2 is 1.82 bits per heavy atom. The van der Waals surface area contributed by atoms with Gasteiger partial charge in [-0.3, -0.25) is 14.4 Å². The van der Waals surface area contributed by atoms with E-state index in [1.165, 1.54) is 6.92 Å². The molecule has 0 fully saturated rings. The number of hydrogen-bond donors (Lipinski definition) is 4. The van der Waals surface area contributed by atoms with Gasteiger partial charge in [-0.05, 0) is 69.5 Å². The maximum atomic E-state index is 13.1. The predicted molar refractivity (Wildman–Crippen MR) is 144 cm³/mol. The number of Topliss-reactive ketones (excluding diaryl/α,β-unsaturated/α-hetero) is 1. The standard InChI is InChI=1S/C28H31ClN4O5/c1-15(34)21(32-27(37)38-28(2,3)4)14-24(35)33-25-19-8-6-5-7-16(19)12-22(25)31-26(36)23-13-17-11-18(29)9-10-20(17)30-23/h5-11,13,21-22,25,30H,12,14H2,1-4H3,(H,31,36)(H,32,37)(H,33,35)/t21?,22-,25-/m1/s1. The van der Waals surface area contributed by atoms with E-state index in [0.717, 1.165) is 22.0 Å². The van der Waals surface area contributed by atoms with Crippen LogP contribution in [0, 0.1) is 0 Å². The molecule has 200 valence electrons. The Balaban J connectivity index is 1.47. The van der Waals surface area contributed by atoms with Gasteiger partial charge >= 0.3 is 6.09 Å². The number of benzene rings is 2. The minimum absolute atomic E-state index is 0.267. The van der Waals surface area contributed by atoms with Crippen molar-refractivity contribution in [3.63, 3.8) is 0 Å². The molecule has 1 unspecified atom stereocenters. The van der Waals surface area contributed by atoms with E-state index in [9.17, 15) is 19.2 Å². The molecule has 1 aliphatic carbocycles. The highest BCUT2D eigenvalue weighted by atomic mass is 35.5. The molecule has 1 aromatic heterocycles. The van der Waals surface area contributed by atoms with Crippen LogP contribution < -0.4 is 16.0 Å². The summed E-state index contributed by atoms with van der Waals surface area (Å²) in [6, 6.07) is 12.7. The first-order valence-corrected chi connectivity index (χ1v) is 12.7. The van der Waals surface area contributed by atoms with Crippen LogP contribution >= 0.6 is 11.6 Å². The molecule has 0 bridgehead atoms. The SMILES string of the molecule is CC(=O)C(CC(=O)N[C@@H]1c2ccccc2C[C@H]1NC(=O)c1cc2cc(Cl)ccc2[nH]1)NC(=O)OC(C)(C)C. The Hall–Kier alpha value is -3.85. The van der Waals surface area contributed by atoms with Crippen molar-refractivity contribution in [2.45, 2.75) is 64.3 Å². The van der Waals surface area contributed by atoms with E-state index in [1.54, 1.807) is 45.0 Å². The second-order valence-corrected chi connectivity index (χ2v) is 10.9. The lowest BCUT2D eigenvalue weighted by Crippen LogP contribution is -2.48. The summed E-state index contributed by atoms with van der Waals surface area (Å²) < 4.78 is 5.22. The number of alkyl carbamates (subject to hydrolysis) is 1. The van der Waals surface area contributed by atoms with E-state index in [1.807, 2.05) is 24.3 Å². The number of nitrogens with one attached hydrogen (secondary N) is 4. The third-order valence-corrected chi connectivity index (χ3v) is 6.50. The quantitative estimate of drug-likeness (QED) is 0.358. The monoisotopic (exact) mass is 538 g/mol. The Bertz CT molecular complexity index is 1390. The van der Waals surface area contributed by atoms with Gasteiger partial charge in [-0.15, -0.1) is 0 Å². The van der Waals surface area contributed by atoms with Crippen LogP contribution in [-0.2, 0) is 20.7 Å². The fourth-order valence-electron chi connectivity index (χ4n) is 4.54. The van der Waals surface area contributed by atoms with Crippen LogP contribution in [0.3, 0.4) is 0 Å². The highest BCUT2D eigenvalue weighted by Gasteiger charge is 2.35. The predicted octanol–water partition coefficient (Wildman–Crippen LogP) is 4.21. The Kier molecular flexibility index (Phi) is 7.78. The van der Waals surface area contributed by atoms with Crippen LogP contribution in [0.2, 0.25) is 5.02 Å². The molecule has 1 aliphatic rings. The zero-order chi connectivity index (χ0) is 27.6. The van der Waals surface area contributed by atoms with Crippen molar-refractivity contribution in [3.8, 4) is 0 Å². The summed E-state index contributed by atoms with van der Waals surface area (Å²) in [6.07, 6.45) is -0.525. The van der Waals surface area contributed by atoms with Gasteiger partial charge in [-0.1, -0.05) is 35.9 Å². The molecule has 0 saturated carbocycles. The van der Waals surface area contributed by atoms with Crippen LogP contribution in [0.5, 0.6) is 0 Å². The smallest absolute Gasteiger partial charge is 0.408 e. The van der Waals surface area contributed by atoms with Crippen molar-refractivity contribution >= 4 is 46.2 Å². The minimum Gasteiger partial charge on any atom is -0.444 e. The number of rotatable bonds is 7. The molecule has 0 radical (unpaired) electrons. The number of ether oxygens (including phenoxy) is 1. The highest BCUT2D eigenvalue weighted by molar-refractivity contribution is 6.31. The molecule has 0 aliphatic heterocycles. The average molecular weight is 539 g/mol. The molecule has 2 aromatic carbocycles. The lowest BCUT2D eigenvalue weighted by Gasteiger charge is -2.25. The second kappa shape index (κ2) is 10.9. The summed E-state index contributed by atoms with van der Waals surface area (Å²) in [7, 11) is 0. The number of carbonyl (C=O) groups is 4. The third-order valence-electron chi connectivity index (χ3n) is 6.26. The number of halogens is 1. The third kappa shape index (κ3) is 6.52. The van der Waals surface area contributed by atoms with Crippen LogP contribution in [0.4, 0.5) is 4.79 Å². The van der Waals surface area contributed by atoms with Crippen molar-refractivity contribution < 1.29 is 23.9 Å². The van der Waals surface area contributed by atoms with Crippen molar-refractivity contribution in [3.05, 3.63) is 70.4 Å². The molecule has 9 nitrogen and oxygen atoms in total. The molecule has 38 heavy (non-hydrogen) atoms. The molecule has 10 heteroatoms. The van der Waals surface area contributed by atoms with Crippen molar-refractivity contribution in [1.29, 1.82) is 0 Å². The number of aromatic amines is 1. The normalized spacial score (nSPS) is 17.4. The van der Waals surface area contributed by atoms with Gasteiger partial charge in [0.15, 0.2) is 5.78 Å². The van der Waals surface area contributed by atoms with Gasteiger partial charge in [0.05, 0.1) is 24.5 Å². The van der Waals surface area contributed by atoms with Crippen LogP contribution in [0.1, 0.15) is 61.8 Å². The van der Waals surface area contributed by atoms with E-state index in [2.05, 4.69) is 20.9 Å². The molecule has 3 aromatic rings. The number of carbonyl (C=O) groups excluding carboxylic acids is 4. The first-order valence-electron chi connectivity index (χ1n) is 12.4. The van der Waals surface area contributed by atoms with Crippen molar-refractivity contribution in [2.24, 2.45) is 0 Å². The van der Waals surface area contributed by atoms with Crippen molar-refractivity contribution in [2.75, 3.05) is 0 Å². The van der Waals surface area contributed by atoms with E-state index in [-0.39, 0.29) is 18.1 Å². The number of ketones is 1. The number of H-pyrrole nitrogens is 1. The van der Waals surface area contributed by atoms with E-state index in [4.69, 9.17) is 16.3 Å². The largest absolute Gasteiger partial charge is 0.444 e. The zero-order valence-corrected chi connectivity index (χ0v) is 22.4. The van der Waals surface area contributed by atoms with Gasteiger partial charge < -0.3 is 25.7 Å². The molecule has 0 spiro atoms. The Morgan fingerprint density at radius 1 is 1.08 bits per heavy atom. The van der Waals surface area contributed by atoms with Gasteiger partial charge in [-0.25, -0.2) is 4.79 Å². The topological polar surface area (TPSA) is 129 Å². The lowest BCUT2D eigenvalue weighted by atomic mass is 10.0. The highest BCUT2D eigenvalue weighted by Crippen LogP contribution is 2.32. The van der Waals surface area contributed by atoms with Gasteiger partial charge in [-0.2, -0.15) is 0 Å². The zero-order valence-electron chi connectivity index (χ0n) is 21.7. The molecular weight excluding hydrogens is 508 g/mol. The summed E-state index contributed by atoms with van der Waals surface area (Å²) in [6.45, 7) is 6.42. The number of aromatic nitrogens is 1. The van der Waals surface area contributed by atoms with Crippen molar-refractivity contribution in [1.82, 2.24) is 20.9 Å². The number of hydrogen-bond acceptors (Lipinski definition) is 5. The fraction of sp³-hybridized carbons (Fsp3) is 0.357. The molecule has 0 saturated heterocycles. The summed E-state index contributed by atoms with van der Waals surface area (Å²) in [5.41, 5.74) is 2.30. The van der Waals surface area contributed by atoms with Crippen LogP contribution in [-0.4, -0.2) is 46.4 Å². The van der Waals surface area contributed by atoms with Gasteiger partial charge in [0, 0.05) is 15.9 Å². The van der Waals surface area contributed by atoms with Gasteiger partial charge in [0.25, 0.3) is 5.91 Å². The summed E-state index contributed by atoms with van der Waals surface area (Å²) in [5, 5.41) is 9.85. The van der Waals surface area contributed by atoms with E-state index >= 15 is 0 Å². The molecule has 4 N–H and O–H groups in total. The minimum atomic E-state index is -1.05. The van der Waals surface area contributed by atoms with Gasteiger partial charge in [0.1, 0.15) is 11.3 Å². The maximum absolute atomic E-state index is 13.1. The van der Waals surface area contributed by atoms with Crippen LogP contribution in [0.25, 0.3) is 10.9 Å². The molecule has 3 atom stereocenters. The summed E-state index contributed by atoms with van der Waals surface area (Å²) in [5.74, 6) is -1.13. The van der Waals surface area contributed by atoms with Gasteiger partial charge in [0.2, 0.25) is 5.91 Å². The first kappa shape index (κ1) is 27.2. The average Bonchev–Trinajstić information content (AvgIpc) is 3.38. The molecular formula is C28H31ClN4O5. The molecule has 1 heterocycles. The number of fused-ring (bicyclic) bond motifs is 2. The summed E-state index contributed by atoms with van der Waals surface area (Å²) in [4.78, 5) is 53.6. The second-order valence-electron chi connectivity index (χ2n) is 10.5. The lowest BCUT2D eigenvalue weighted by molar-refractivity contribution is -0.126. The molecule has 3 amide bonds. The maximum Gasteiger partial charge on any atom is 0.408 e. The molecule has 4 rings (SSSR count). The summed E-state index contributed by atoms with van der Waals surface area (Å²) >= 11 is 6.07. The Labute approximate surface area is 225 Å². The Morgan fingerprint density at radius 3 is 2.53 bits per heavy atom. The first-order chi connectivity index (χ1) is 17.9. The van der Waals surface area contributed by atoms with E-state index < -0.39 is 35.7 Å². The van der Waals surface area contributed by atoms with Crippen LogP contribution in [0.15, 0.2) is 48.5 Å². The van der Waals surface area contributed by atoms with E-state index in [0.29, 0.717) is 17.1 Å². The number of amides is 3. The fourth-order valence-corrected chi connectivity index (χ4v) is 4.72.